The van der Waals surface area contributed by atoms with Gasteiger partial charge in [-0.25, -0.2) is 4.98 Å². The molecule has 1 aliphatic rings. The average molecular weight is 272 g/mol. The van der Waals surface area contributed by atoms with E-state index in [9.17, 15) is 0 Å². The van der Waals surface area contributed by atoms with Crippen molar-refractivity contribution in [2.75, 3.05) is 0 Å². The minimum Gasteiger partial charge on any atom is -0.473 e. The van der Waals surface area contributed by atoms with Gasteiger partial charge in [-0.15, -0.1) is 0 Å². The topological polar surface area (TPSA) is 51.6 Å². The first-order valence-corrected chi connectivity index (χ1v) is 6.53. The number of nitrogens with zero attached hydrogens (tertiary/aromatic N) is 1. The van der Waals surface area contributed by atoms with Gasteiger partial charge in [0.15, 0.2) is 0 Å². The summed E-state index contributed by atoms with van der Waals surface area (Å²) < 4.78 is 11.5. The number of rotatable bonds is 3. The molecule has 1 aliphatic heterocycles. The van der Waals surface area contributed by atoms with Crippen molar-refractivity contribution in [2.45, 2.75) is 51.6 Å². The van der Waals surface area contributed by atoms with Crippen molar-refractivity contribution in [1.82, 2.24) is 4.98 Å². The van der Waals surface area contributed by atoms with Crippen LogP contribution in [0.3, 0.4) is 0 Å². The molecular weight excluding hydrogens is 254 g/mol. The highest BCUT2D eigenvalue weighted by molar-refractivity contribution is 6.31. The molecule has 18 heavy (non-hydrogen) atoms. The predicted octanol–water partition coefficient (Wildman–Crippen LogP) is 2.56. The van der Waals surface area contributed by atoms with E-state index in [1.165, 1.54) is 0 Å². The summed E-state index contributed by atoms with van der Waals surface area (Å²) in [6, 6.07) is 1.68. The number of pyridine rings is 1. The summed E-state index contributed by atoms with van der Waals surface area (Å²) in [5, 5.41) is 9.43. The molecule has 2 heterocycles. The van der Waals surface area contributed by atoms with Crippen molar-refractivity contribution in [3.63, 3.8) is 0 Å². The van der Waals surface area contributed by atoms with E-state index in [1.807, 2.05) is 13.8 Å². The first-order chi connectivity index (χ1) is 8.58. The van der Waals surface area contributed by atoms with Crippen molar-refractivity contribution in [1.29, 1.82) is 0 Å². The van der Waals surface area contributed by atoms with Gasteiger partial charge in [-0.2, -0.15) is 0 Å². The summed E-state index contributed by atoms with van der Waals surface area (Å²) in [4.78, 5) is 4.14. The second-order valence-electron chi connectivity index (χ2n) is 4.76. The van der Waals surface area contributed by atoms with Crippen LogP contribution in [0.1, 0.15) is 32.3 Å². The maximum atomic E-state index is 8.99. The number of aromatic nitrogens is 1. The molecule has 2 rings (SSSR count). The Bertz CT molecular complexity index is 403. The lowest BCUT2D eigenvalue weighted by Crippen LogP contribution is -2.35. The Kier molecular flexibility index (Phi) is 4.43. The number of ether oxygens (including phenoxy) is 2. The van der Waals surface area contributed by atoms with E-state index in [-0.39, 0.29) is 24.9 Å². The maximum Gasteiger partial charge on any atom is 0.232 e. The molecule has 2 unspecified atom stereocenters. The number of aliphatic hydroxyl groups is 1. The van der Waals surface area contributed by atoms with E-state index < -0.39 is 0 Å². The van der Waals surface area contributed by atoms with Gasteiger partial charge in [-0.1, -0.05) is 11.6 Å². The fourth-order valence-electron chi connectivity index (χ4n) is 2.24. The zero-order valence-electron chi connectivity index (χ0n) is 10.6. The van der Waals surface area contributed by atoms with Crippen LogP contribution in [0, 0.1) is 0 Å². The van der Waals surface area contributed by atoms with Crippen LogP contribution in [0.2, 0.25) is 5.02 Å². The molecule has 2 atom stereocenters. The summed E-state index contributed by atoms with van der Waals surface area (Å²) in [5.74, 6) is 0.431. The highest BCUT2D eigenvalue weighted by Crippen LogP contribution is 2.28. The third-order valence-electron chi connectivity index (χ3n) is 2.98. The molecule has 1 saturated heterocycles. The number of halogens is 1. The minimum atomic E-state index is -0.0711. The molecule has 0 bridgehead atoms. The first-order valence-electron chi connectivity index (χ1n) is 6.16. The molecule has 0 saturated carbocycles. The highest BCUT2D eigenvalue weighted by Gasteiger charge is 2.26. The van der Waals surface area contributed by atoms with E-state index in [0.29, 0.717) is 16.5 Å². The molecule has 1 fully saturated rings. The summed E-state index contributed by atoms with van der Waals surface area (Å²) >= 11 is 6.07. The van der Waals surface area contributed by atoms with Crippen LogP contribution in [0.5, 0.6) is 5.88 Å². The molecule has 1 aromatic heterocycles. The smallest absolute Gasteiger partial charge is 0.232 e. The van der Waals surface area contributed by atoms with Crippen molar-refractivity contribution in [3.8, 4) is 5.88 Å². The SMILES string of the molecule is CC1CC(Oc2ncc(CO)cc2Cl)CC(C)O1. The van der Waals surface area contributed by atoms with E-state index in [4.69, 9.17) is 26.2 Å². The van der Waals surface area contributed by atoms with Crippen LogP contribution in [-0.4, -0.2) is 28.4 Å². The van der Waals surface area contributed by atoms with Crippen molar-refractivity contribution < 1.29 is 14.6 Å². The monoisotopic (exact) mass is 271 g/mol. The average Bonchev–Trinajstić information content (AvgIpc) is 2.30. The molecule has 0 aliphatic carbocycles. The van der Waals surface area contributed by atoms with Gasteiger partial charge in [0.2, 0.25) is 5.88 Å². The van der Waals surface area contributed by atoms with Gasteiger partial charge in [0, 0.05) is 19.0 Å². The van der Waals surface area contributed by atoms with Crippen molar-refractivity contribution in [3.05, 3.63) is 22.8 Å². The summed E-state index contributed by atoms with van der Waals surface area (Å²) in [6.45, 7) is 4.00. The Balaban J connectivity index is 2.04. The number of hydrogen-bond acceptors (Lipinski definition) is 4. The Labute approximate surface area is 112 Å². The molecule has 1 aromatic rings. The van der Waals surface area contributed by atoms with Crippen LogP contribution < -0.4 is 4.74 Å². The summed E-state index contributed by atoms with van der Waals surface area (Å²) in [7, 11) is 0. The second kappa shape index (κ2) is 5.87. The first kappa shape index (κ1) is 13.6. The Hall–Kier alpha value is -0.840. The fraction of sp³-hybridized carbons (Fsp3) is 0.615. The molecule has 0 amide bonds. The van der Waals surface area contributed by atoms with Crippen molar-refractivity contribution in [2.24, 2.45) is 0 Å². The molecule has 100 valence electrons. The Morgan fingerprint density at radius 3 is 2.67 bits per heavy atom. The minimum absolute atomic E-state index is 0.0711. The maximum absolute atomic E-state index is 8.99. The van der Waals surface area contributed by atoms with Gasteiger partial charge in [0.1, 0.15) is 11.1 Å². The van der Waals surface area contributed by atoms with Crippen LogP contribution in [-0.2, 0) is 11.3 Å². The largest absolute Gasteiger partial charge is 0.473 e. The van der Waals surface area contributed by atoms with Crippen molar-refractivity contribution >= 4 is 11.6 Å². The number of aliphatic hydroxyl groups excluding tert-OH is 1. The van der Waals surface area contributed by atoms with E-state index >= 15 is 0 Å². The van der Waals surface area contributed by atoms with Crippen LogP contribution >= 0.6 is 11.6 Å². The van der Waals surface area contributed by atoms with Crippen LogP contribution in [0.15, 0.2) is 12.3 Å². The standard InChI is InChI=1S/C13H18ClNO3/c1-8-3-11(4-9(2)17-8)18-13-12(14)5-10(7-16)6-15-13/h5-6,8-9,11,16H,3-4,7H2,1-2H3. The summed E-state index contributed by atoms with van der Waals surface area (Å²) in [6.07, 6.45) is 3.71. The highest BCUT2D eigenvalue weighted by atomic mass is 35.5. The molecule has 4 nitrogen and oxygen atoms in total. The van der Waals surface area contributed by atoms with Gasteiger partial charge < -0.3 is 14.6 Å². The molecule has 0 aromatic carbocycles. The van der Waals surface area contributed by atoms with Gasteiger partial charge >= 0.3 is 0 Å². The van der Waals surface area contributed by atoms with Crippen LogP contribution in [0.25, 0.3) is 0 Å². The lowest BCUT2D eigenvalue weighted by atomic mass is 10.0. The fourth-order valence-corrected chi connectivity index (χ4v) is 2.47. The Morgan fingerprint density at radius 1 is 1.44 bits per heavy atom. The normalized spacial score (nSPS) is 28.1. The van der Waals surface area contributed by atoms with Gasteiger partial charge in [0.05, 0.1) is 18.8 Å². The van der Waals surface area contributed by atoms with E-state index in [0.717, 1.165) is 12.8 Å². The van der Waals surface area contributed by atoms with Crippen LogP contribution in [0.4, 0.5) is 0 Å². The van der Waals surface area contributed by atoms with E-state index in [2.05, 4.69) is 4.98 Å². The predicted molar refractivity (Wildman–Crippen MR) is 68.8 cm³/mol. The van der Waals surface area contributed by atoms with Gasteiger partial charge in [-0.3, -0.25) is 0 Å². The molecule has 0 radical (unpaired) electrons. The summed E-state index contributed by atoms with van der Waals surface area (Å²) in [5.41, 5.74) is 0.682. The molecule has 0 spiro atoms. The zero-order chi connectivity index (χ0) is 13.1. The Morgan fingerprint density at radius 2 is 2.11 bits per heavy atom. The van der Waals surface area contributed by atoms with Gasteiger partial charge in [-0.05, 0) is 25.5 Å². The van der Waals surface area contributed by atoms with Gasteiger partial charge in [0.25, 0.3) is 0 Å². The molecule has 1 N–H and O–H groups in total. The lowest BCUT2D eigenvalue weighted by molar-refractivity contribution is -0.0729. The third kappa shape index (κ3) is 3.34. The third-order valence-corrected chi connectivity index (χ3v) is 3.25. The zero-order valence-corrected chi connectivity index (χ0v) is 11.4. The second-order valence-corrected chi connectivity index (χ2v) is 5.16. The lowest BCUT2D eigenvalue weighted by Gasteiger charge is -2.32. The molecular formula is C13H18ClNO3. The van der Waals surface area contributed by atoms with E-state index in [1.54, 1.807) is 12.3 Å². The molecule has 5 heteroatoms. The quantitative estimate of drug-likeness (QED) is 0.918. The number of hydrogen-bond donors (Lipinski definition) is 1.